The van der Waals surface area contributed by atoms with E-state index in [2.05, 4.69) is 15.9 Å². The highest BCUT2D eigenvalue weighted by Crippen LogP contribution is 2.17. The first kappa shape index (κ1) is 12.2. The molecule has 0 fully saturated rings. The Bertz CT molecular complexity index is 321. The average molecular weight is 273 g/mol. The number of hydrogen-bond acceptors (Lipinski definition) is 2. The molecule has 1 aromatic rings. The van der Waals surface area contributed by atoms with Gasteiger partial charge in [0, 0.05) is 5.33 Å². The van der Waals surface area contributed by atoms with Gasteiger partial charge in [0.05, 0.1) is 18.3 Å². The standard InChI is InChI=1S/C11H13BrO3/c1-8(15-7-6-12)9-2-4-10(5-3-9)11(13)14/h2-5,8H,6-7H2,1H3,(H,13,14). The smallest absolute Gasteiger partial charge is 0.335 e. The molecule has 0 aliphatic rings. The van der Waals surface area contributed by atoms with Crippen LogP contribution in [0, 0.1) is 0 Å². The summed E-state index contributed by atoms with van der Waals surface area (Å²) in [5.41, 5.74) is 1.28. The predicted octanol–water partition coefficient (Wildman–Crippen LogP) is 2.86. The van der Waals surface area contributed by atoms with Crippen molar-refractivity contribution in [2.24, 2.45) is 0 Å². The van der Waals surface area contributed by atoms with Gasteiger partial charge in [-0.2, -0.15) is 0 Å². The van der Waals surface area contributed by atoms with Crippen LogP contribution in [0.15, 0.2) is 24.3 Å². The van der Waals surface area contributed by atoms with Gasteiger partial charge in [0.15, 0.2) is 0 Å². The summed E-state index contributed by atoms with van der Waals surface area (Å²) < 4.78 is 5.48. The summed E-state index contributed by atoms with van der Waals surface area (Å²) in [5, 5.41) is 9.51. The van der Waals surface area contributed by atoms with Gasteiger partial charge in [-0.3, -0.25) is 0 Å². The Morgan fingerprint density at radius 1 is 1.47 bits per heavy atom. The van der Waals surface area contributed by atoms with Crippen molar-refractivity contribution in [2.45, 2.75) is 13.0 Å². The summed E-state index contributed by atoms with van der Waals surface area (Å²) >= 11 is 3.28. The number of ether oxygens (including phenoxy) is 1. The quantitative estimate of drug-likeness (QED) is 0.839. The lowest BCUT2D eigenvalue weighted by Gasteiger charge is -2.12. The van der Waals surface area contributed by atoms with Crippen molar-refractivity contribution in [1.29, 1.82) is 0 Å². The molecule has 0 amide bonds. The maximum atomic E-state index is 10.6. The second-order valence-electron chi connectivity index (χ2n) is 3.13. The van der Waals surface area contributed by atoms with E-state index in [1.807, 2.05) is 6.92 Å². The first-order valence-electron chi connectivity index (χ1n) is 4.66. The summed E-state index contributed by atoms with van der Waals surface area (Å²) in [5.74, 6) is -0.907. The third-order valence-electron chi connectivity index (χ3n) is 2.07. The highest BCUT2D eigenvalue weighted by Gasteiger charge is 2.07. The van der Waals surface area contributed by atoms with Crippen LogP contribution in [0.5, 0.6) is 0 Å². The third kappa shape index (κ3) is 3.64. The first-order valence-corrected chi connectivity index (χ1v) is 5.78. The van der Waals surface area contributed by atoms with Gasteiger partial charge >= 0.3 is 5.97 Å². The molecule has 1 atom stereocenters. The molecule has 0 saturated carbocycles. The normalized spacial score (nSPS) is 12.4. The van der Waals surface area contributed by atoms with Gasteiger partial charge in [0.25, 0.3) is 0 Å². The number of carboxylic acids is 1. The Morgan fingerprint density at radius 2 is 2.07 bits per heavy atom. The Kier molecular flexibility index (Phi) is 4.78. The van der Waals surface area contributed by atoms with Crippen LogP contribution in [-0.4, -0.2) is 23.0 Å². The van der Waals surface area contributed by atoms with Crippen molar-refractivity contribution >= 4 is 21.9 Å². The lowest BCUT2D eigenvalue weighted by Crippen LogP contribution is -2.03. The highest BCUT2D eigenvalue weighted by atomic mass is 79.9. The van der Waals surface area contributed by atoms with Crippen LogP contribution in [-0.2, 0) is 4.74 Å². The van der Waals surface area contributed by atoms with Gasteiger partial charge in [0.1, 0.15) is 0 Å². The van der Waals surface area contributed by atoms with Crippen molar-refractivity contribution < 1.29 is 14.6 Å². The molecule has 0 aromatic heterocycles. The molecule has 0 aliphatic carbocycles. The molecule has 0 aliphatic heterocycles. The number of carboxylic acid groups (broad SMARTS) is 1. The minimum atomic E-state index is -0.907. The van der Waals surface area contributed by atoms with Gasteiger partial charge in [-0.1, -0.05) is 28.1 Å². The number of alkyl halides is 1. The van der Waals surface area contributed by atoms with E-state index < -0.39 is 5.97 Å². The monoisotopic (exact) mass is 272 g/mol. The molecule has 0 bridgehead atoms. The van der Waals surface area contributed by atoms with E-state index in [-0.39, 0.29) is 6.10 Å². The van der Waals surface area contributed by atoms with Crippen molar-refractivity contribution in [3.05, 3.63) is 35.4 Å². The van der Waals surface area contributed by atoms with E-state index >= 15 is 0 Å². The number of carbonyl (C=O) groups is 1. The Morgan fingerprint density at radius 3 is 2.53 bits per heavy atom. The zero-order chi connectivity index (χ0) is 11.3. The van der Waals surface area contributed by atoms with Gasteiger partial charge < -0.3 is 9.84 Å². The second-order valence-corrected chi connectivity index (χ2v) is 3.92. The van der Waals surface area contributed by atoms with E-state index in [9.17, 15) is 4.79 Å². The zero-order valence-corrected chi connectivity index (χ0v) is 10.0. The van der Waals surface area contributed by atoms with Crippen LogP contribution in [0.4, 0.5) is 0 Å². The molecule has 1 N–H and O–H groups in total. The van der Waals surface area contributed by atoms with Crippen LogP contribution in [0.3, 0.4) is 0 Å². The average Bonchev–Trinajstić information content (AvgIpc) is 2.26. The van der Waals surface area contributed by atoms with Crippen LogP contribution in [0.1, 0.15) is 28.9 Å². The van der Waals surface area contributed by atoms with E-state index in [4.69, 9.17) is 9.84 Å². The molecule has 1 rings (SSSR count). The molecule has 1 unspecified atom stereocenters. The maximum absolute atomic E-state index is 10.6. The molecule has 0 radical (unpaired) electrons. The fourth-order valence-electron chi connectivity index (χ4n) is 1.21. The van der Waals surface area contributed by atoms with Gasteiger partial charge in [0.2, 0.25) is 0 Å². The minimum Gasteiger partial charge on any atom is -0.478 e. The molecule has 3 nitrogen and oxygen atoms in total. The summed E-state index contributed by atoms with van der Waals surface area (Å²) in [6.07, 6.45) is -0.00889. The van der Waals surface area contributed by atoms with E-state index in [1.165, 1.54) is 0 Å². The lowest BCUT2D eigenvalue weighted by atomic mass is 10.1. The lowest BCUT2D eigenvalue weighted by molar-refractivity contribution is 0.0694. The van der Waals surface area contributed by atoms with Gasteiger partial charge in [-0.15, -0.1) is 0 Å². The summed E-state index contributed by atoms with van der Waals surface area (Å²) in [6.45, 7) is 2.58. The summed E-state index contributed by atoms with van der Waals surface area (Å²) in [7, 11) is 0. The number of benzene rings is 1. The third-order valence-corrected chi connectivity index (χ3v) is 2.40. The number of halogens is 1. The molecule has 15 heavy (non-hydrogen) atoms. The molecule has 82 valence electrons. The Hall–Kier alpha value is -0.870. The summed E-state index contributed by atoms with van der Waals surface area (Å²) in [6, 6.07) is 6.74. The maximum Gasteiger partial charge on any atom is 0.335 e. The molecule has 1 aromatic carbocycles. The van der Waals surface area contributed by atoms with Crippen LogP contribution < -0.4 is 0 Å². The van der Waals surface area contributed by atoms with Crippen molar-refractivity contribution in [3.8, 4) is 0 Å². The topological polar surface area (TPSA) is 46.5 Å². The van der Waals surface area contributed by atoms with Crippen LogP contribution >= 0.6 is 15.9 Å². The van der Waals surface area contributed by atoms with Gasteiger partial charge in [-0.25, -0.2) is 4.79 Å². The summed E-state index contributed by atoms with van der Waals surface area (Å²) in [4.78, 5) is 10.6. The fourth-order valence-corrected chi connectivity index (χ4v) is 1.40. The Labute approximate surface area is 97.2 Å². The van der Waals surface area contributed by atoms with Crippen molar-refractivity contribution in [3.63, 3.8) is 0 Å². The first-order chi connectivity index (χ1) is 7.15. The SMILES string of the molecule is CC(OCCBr)c1ccc(C(=O)O)cc1. The molecule has 0 heterocycles. The zero-order valence-electron chi connectivity index (χ0n) is 8.44. The number of hydrogen-bond donors (Lipinski definition) is 1. The van der Waals surface area contributed by atoms with Gasteiger partial charge in [-0.05, 0) is 24.6 Å². The molecule has 0 spiro atoms. The van der Waals surface area contributed by atoms with Crippen molar-refractivity contribution in [2.75, 3.05) is 11.9 Å². The highest BCUT2D eigenvalue weighted by molar-refractivity contribution is 9.09. The van der Waals surface area contributed by atoms with Crippen LogP contribution in [0.25, 0.3) is 0 Å². The largest absolute Gasteiger partial charge is 0.478 e. The molecular formula is C11H13BrO3. The van der Waals surface area contributed by atoms with E-state index in [0.717, 1.165) is 10.9 Å². The number of aromatic carboxylic acids is 1. The molecule has 4 heteroatoms. The van der Waals surface area contributed by atoms with Crippen molar-refractivity contribution in [1.82, 2.24) is 0 Å². The Balaban J connectivity index is 2.66. The van der Waals surface area contributed by atoms with Crippen LogP contribution in [0.2, 0.25) is 0 Å². The fraction of sp³-hybridized carbons (Fsp3) is 0.364. The molecule has 0 saturated heterocycles. The second kappa shape index (κ2) is 5.88. The van der Waals surface area contributed by atoms with E-state index in [0.29, 0.717) is 12.2 Å². The number of rotatable bonds is 5. The van der Waals surface area contributed by atoms with E-state index in [1.54, 1.807) is 24.3 Å². The predicted molar refractivity (Wildman–Crippen MR) is 61.6 cm³/mol. The minimum absolute atomic E-state index is 0.00889. The molecular weight excluding hydrogens is 260 g/mol.